The SMILES string of the molecule is Cc1c(OC(=O)c2ccc(Cl)cc2Cl)ccc2c1oc(=O)c1ccccc12. The zero-order valence-corrected chi connectivity index (χ0v) is 15.6. The lowest BCUT2D eigenvalue weighted by molar-refractivity contribution is 0.0734. The van der Waals surface area contributed by atoms with Crippen LogP contribution in [-0.4, -0.2) is 5.97 Å². The van der Waals surface area contributed by atoms with Gasteiger partial charge in [0, 0.05) is 16.0 Å². The molecule has 4 nitrogen and oxygen atoms in total. The number of esters is 1. The second kappa shape index (κ2) is 6.72. The molecule has 0 bridgehead atoms. The molecule has 0 aliphatic rings. The lowest BCUT2D eigenvalue weighted by atomic mass is 10.0. The van der Waals surface area contributed by atoms with Crippen LogP contribution in [0.2, 0.25) is 10.0 Å². The van der Waals surface area contributed by atoms with Crippen LogP contribution < -0.4 is 10.4 Å². The number of aryl methyl sites for hydroxylation is 1. The Morgan fingerprint density at radius 1 is 0.963 bits per heavy atom. The minimum atomic E-state index is -0.623. The fraction of sp³-hybridized carbons (Fsp3) is 0.0476. The summed E-state index contributed by atoms with van der Waals surface area (Å²) in [5.74, 6) is -0.334. The largest absolute Gasteiger partial charge is 0.422 e. The van der Waals surface area contributed by atoms with Crippen LogP contribution in [0.5, 0.6) is 5.75 Å². The second-order valence-corrected chi connectivity index (χ2v) is 6.86. The molecule has 4 aromatic rings. The normalized spacial score (nSPS) is 11.1. The van der Waals surface area contributed by atoms with Gasteiger partial charge >= 0.3 is 11.6 Å². The predicted molar refractivity (Wildman–Crippen MR) is 106 cm³/mol. The van der Waals surface area contributed by atoms with E-state index in [1.165, 1.54) is 12.1 Å². The molecule has 4 rings (SSSR count). The van der Waals surface area contributed by atoms with Crippen LogP contribution >= 0.6 is 23.2 Å². The van der Waals surface area contributed by atoms with Crippen molar-refractivity contribution < 1.29 is 13.9 Å². The third kappa shape index (κ3) is 3.07. The van der Waals surface area contributed by atoms with Gasteiger partial charge in [-0.1, -0.05) is 41.4 Å². The average Bonchev–Trinajstić information content (AvgIpc) is 2.64. The van der Waals surface area contributed by atoms with E-state index in [1.807, 2.05) is 12.1 Å². The first-order valence-electron chi connectivity index (χ1n) is 8.08. The molecule has 0 saturated heterocycles. The number of ether oxygens (including phenoxy) is 1. The summed E-state index contributed by atoms with van der Waals surface area (Å²) in [5.41, 5.74) is 0.686. The van der Waals surface area contributed by atoms with Crippen LogP contribution in [0.4, 0.5) is 0 Å². The van der Waals surface area contributed by atoms with Gasteiger partial charge in [-0.2, -0.15) is 0 Å². The van der Waals surface area contributed by atoms with E-state index in [0.717, 1.165) is 10.8 Å². The van der Waals surface area contributed by atoms with Crippen molar-refractivity contribution in [3.8, 4) is 5.75 Å². The summed E-state index contributed by atoms with van der Waals surface area (Å²) in [6.45, 7) is 1.73. The van der Waals surface area contributed by atoms with E-state index in [4.69, 9.17) is 32.4 Å². The molecule has 0 amide bonds. The van der Waals surface area contributed by atoms with Crippen molar-refractivity contribution in [1.82, 2.24) is 0 Å². The Morgan fingerprint density at radius 3 is 2.44 bits per heavy atom. The van der Waals surface area contributed by atoms with Crippen molar-refractivity contribution in [2.24, 2.45) is 0 Å². The standard InChI is InChI=1S/C21H12Cl2O4/c1-11-18(26-21(25)16-7-6-12(22)10-17(16)23)9-8-14-13-4-2-3-5-15(13)20(24)27-19(11)14/h2-10H,1H3. The van der Waals surface area contributed by atoms with Crippen molar-refractivity contribution in [3.63, 3.8) is 0 Å². The van der Waals surface area contributed by atoms with E-state index < -0.39 is 11.6 Å². The first kappa shape index (κ1) is 17.6. The van der Waals surface area contributed by atoms with Gasteiger partial charge in [0.25, 0.3) is 0 Å². The van der Waals surface area contributed by atoms with E-state index in [9.17, 15) is 9.59 Å². The Kier molecular flexibility index (Phi) is 4.38. The summed E-state index contributed by atoms with van der Waals surface area (Å²) in [7, 11) is 0. The van der Waals surface area contributed by atoms with E-state index in [1.54, 1.807) is 37.3 Å². The first-order valence-corrected chi connectivity index (χ1v) is 8.83. The number of halogens is 2. The Morgan fingerprint density at radius 2 is 1.70 bits per heavy atom. The molecule has 0 aliphatic carbocycles. The Balaban J connectivity index is 1.81. The van der Waals surface area contributed by atoms with Gasteiger partial charge in [-0.05, 0) is 48.7 Å². The van der Waals surface area contributed by atoms with E-state index in [2.05, 4.69) is 0 Å². The van der Waals surface area contributed by atoms with Crippen molar-refractivity contribution >= 4 is 50.9 Å². The fourth-order valence-corrected chi connectivity index (χ4v) is 3.47. The molecule has 27 heavy (non-hydrogen) atoms. The lowest BCUT2D eigenvalue weighted by Gasteiger charge is -2.11. The van der Waals surface area contributed by atoms with Crippen molar-refractivity contribution in [2.45, 2.75) is 6.92 Å². The van der Waals surface area contributed by atoms with E-state index >= 15 is 0 Å². The molecule has 0 N–H and O–H groups in total. The summed E-state index contributed by atoms with van der Waals surface area (Å²) in [4.78, 5) is 24.7. The zero-order valence-electron chi connectivity index (χ0n) is 14.1. The van der Waals surface area contributed by atoms with Gasteiger partial charge in [-0.25, -0.2) is 9.59 Å². The smallest absolute Gasteiger partial charge is 0.345 e. The molecule has 1 aromatic heterocycles. The predicted octanol–water partition coefficient (Wildman–Crippen LogP) is 5.78. The molecular formula is C21H12Cl2O4. The fourth-order valence-electron chi connectivity index (χ4n) is 2.98. The highest BCUT2D eigenvalue weighted by molar-refractivity contribution is 6.36. The molecule has 0 aliphatic heterocycles. The van der Waals surface area contributed by atoms with Gasteiger partial charge < -0.3 is 9.15 Å². The number of rotatable bonds is 2. The highest BCUT2D eigenvalue weighted by Crippen LogP contribution is 2.31. The minimum absolute atomic E-state index is 0.195. The van der Waals surface area contributed by atoms with Gasteiger partial charge in [-0.3, -0.25) is 0 Å². The van der Waals surface area contributed by atoms with Crippen molar-refractivity contribution in [1.29, 1.82) is 0 Å². The number of hydrogen-bond donors (Lipinski definition) is 0. The molecular weight excluding hydrogens is 387 g/mol. The number of benzene rings is 3. The minimum Gasteiger partial charge on any atom is -0.422 e. The molecule has 0 spiro atoms. The molecule has 0 saturated carbocycles. The maximum Gasteiger partial charge on any atom is 0.345 e. The van der Waals surface area contributed by atoms with Crippen LogP contribution in [0, 0.1) is 6.92 Å². The molecule has 0 radical (unpaired) electrons. The van der Waals surface area contributed by atoms with Crippen LogP contribution in [-0.2, 0) is 0 Å². The van der Waals surface area contributed by atoms with Crippen molar-refractivity contribution in [2.75, 3.05) is 0 Å². The molecule has 134 valence electrons. The average molecular weight is 399 g/mol. The molecule has 0 fully saturated rings. The summed E-state index contributed by atoms with van der Waals surface area (Å²) < 4.78 is 11.0. The van der Waals surface area contributed by atoms with Crippen LogP contribution in [0.1, 0.15) is 15.9 Å². The Hall–Kier alpha value is -2.82. The Labute approximate surface area is 163 Å². The maximum absolute atomic E-state index is 12.5. The monoisotopic (exact) mass is 398 g/mol. The third-order valence-corrected chi connectivity index (χ3v) is 4.89. The number of fused-ring (bicyclic) bond motifs is 3. The Bertz CT molecular complexity index is 1270. The third-order valence-electron chi connectivity index (χ3n) is 4.34. The van der Waals surface area contributed by atoms with Crippen LogP contribution in [0.15, 0.2) is 63.8 Å². The second-order valence-electron chi connectivity index (χ2n) is 6.01. The van der Waals surface area contributed by atoms with Gasteiger partial charge in [0.05, 0.1) is 16.0 Å². The molecule has 1 heterocycles. The lowest BCUT2D eigenvalue weighted by Crippen LogP contribution is -2.10. The van der Waals surface area contributed by atoms with E-state index in [-0.39, 0.29) is 16.3 Å². The van der Waals surface area contributed by atoms with Crippen LogP contribution in [0.25, 0.3) is 21.7 Å². The quantitative estimate of drug-likeness (QED) is 0.186. The molecule has 0 atom stereocenters. The summed E-state index contributed by atoms with van der Waals surface area (Å²) >= 11 is 11.9. The summed E-state index contributed by atoms with van der Waals surface area (Å²) in [6, 6.07) is 15.2. The first-order chi connectivity index (χ1) is 13.0. The highest BCUT2D eigenvalue weighted by atomic mass is 35.5. The number of carbonyl (C=O) groups excluding carboxylic acids is 1. The van der Waals surface area contributed by atoms with E-state index in [0.29, 0.717) is 21.6 Å². The summed E-state index contributed by atoms with van der Waals surface area (Å²) in [5, 5.41) is 2.68. The maximum atomic E-state index is 12.5. The zero-order chi connectivity index (χ0) is 19.1. The topological polar surface area (TPSA) is 56.5 Å². The summed E-state index contributed by atoms with van der Waals surface area (Å²) in [6.07, 6.45) is 0. The van der Waals surface area contributed by atoms with Gasteiger partial charge in [0.15, 0.2) is 0 Å². The van der Waals surface area contributed by atoms with Gasteiger partial charge in [0.1, 0.15) is 11.3 Å². The van der Waals surface area contributed by atoms with Crippen molar-refractivity contribution in [3.05, 3.63) is 86.2 Å². The van der Waals surface area contributed by atoms with Gasteiger partial charge in [-0.15, -0.1) is 0 Å². The molecule has 6 heteroatoms. The molecule has 3 aromatic carbocycles. The van der Waals surface area contributed by atoms with Crippen LogP contribution in [0.3, 0.4) is 0 Å². The number of carbonyl (C=O) groups is 1. The number of hydrogen-bond acceptors (Lipinski definition) is 4. The highest BCUT2D eigenvalue weighted by Gasteiger charge is 2.17. The molecule has 0 unspecified atom stereocenters. The van der Waals surface area contributed by atoms with Gasteiger partial charge in [0.2, 0.25) is 0 Å².